The first-order chi connectivity index (χ1) is 14.9. The summed E-state index contributed by atoms with van der Waals surface area (Å²) in [6, 6.07) is 8.52. The molecule has 0 bridgehead atoms. The highest BCUT2D eigenvalue weighted by molar-refractivity contribution is 7.99. The monoisotopic (exact) mass is 445 g/mol. The van der Waals surface area contributed by atoms with Crippen LogP contribution in [-0.2, 0) is 11.2 Å². The molecule has 7 heteroatoms. The highest BCUT2D eigenvalue weighted by atomic mass is 32.2. The summed E-state index contributed by atoms with van der Waals surface area (Å²) in [4.78, 5) is 32.9. The van der Waals surface area contributed by atoms with Gasteiger partial charge in [0.15, 0.2) is 0 Å². The lowest BCUT2D eigenvalue weighted by molar-refractivity contribution is -0.136. The zero-order chi connectivity index (χ0) is 22.0. The molecule has 3 aliphatic heterocycles. The van der Waals surface area contributed by atoms with Gasteiger partial charge in [-0.3, -0.25) is 14.6 Å². The minimum Gasteiger partial charge on any atom is -0.497 e. The number of ether oxygens (including phenoxy) is 1. The number of piperidine rings is 1. The molecule has 3 aliphatic rings. The Hall–Kier alpha value is -1.73. The van der Waals surface area contributed by atoms with Gasteiger partial charge in [-0.1, -0.05) is 26.0 Å². The number of carbonyl (C=O) groups excluding carboxylic acids is 2. The summed E-state index contributed by atoms with van der Waals surface area (Å²) in [6.07, 6.45) is 3.47. The molecule has 1 spiro atoms. The first-order valence-electron chi connectivity index (χ1n) is 11.5. The van der Waals surface area contributed by atoms with Crippen LogP contribution in [0.3, 0.4) is 0 Å². The van der Waals surface area contributed by atoms with Crippen LogP contribution in [-0.4, -0.2) is 83.0 Å². The van der Waals surface area contributed by atoms with E-state index in [0.717, 1.165) is 43.7 Å². The number of rotatable bonds is 7. The van der Waals surface area contributed by atoms with E-state index >= 15 is 0 Å². The van der Waals surface area contributed by atoms with Gasteiger partial charge in [0.25, 0.3) is 5.91 Å². The van der Waals surface area contributed by atoms with Gasteiger partial charge in [-0.25, -0.2) is 4.79 Å². The second-order valence-corrected chi connectivity index (χ2v) is 10.6. The number of methoxy groups -OCH3 is 1. The number of thioether (sulfide) groups is 1. The van der Waals surface area contributed by atoms with Gasteiger partial charge in [-0.05, 0) is 55.1 Å². The lowest BCUT2D eigenvalue weighted by Gasteiger charge is -2.44. The van der Waals surface area contributed by atoms with Crippen LogP contribution in [0.5, 0.6) is 5.75 Å². The van der Waals surface area contributed by atoms with Crippen LogP contribution >= 0.6 is 11.8 Å². The van der Waals surface area contributed by atoms with Gasteiger partial charge in [-0.2, -0.15) is 11.8 Å². The number of benzene rings is 1. The second kappa shape index (κ2) is 9.41. The molecule has 1 aromatic carbocycles. The number of likely N-dealkylation sites (tertiary alicyclic amines) is 1. The maximum Gasteiger partial charge on any atom is 0.327 e. The molecule has 3 saturated heterocycles. The Morgan fingerprint density at radius 1 is 1.16 bits per heavy atom. The normalized spacial score (nSPS) is 24.1. The standard InChI is InChI=1S/C24H35N3O3S/c1-18(2)16-26-22(28)24(10-13-25(14-11-24)20-9-15-31-17-20)27(23(26)29)12-8-19-4-6-21(30-3)7-5-19/h4-7,18,20H,8-17H2,1-3H3. The van der Waals surface area contributed by atoms with Crippen molar-refractivity contribution in [2.24, 2.45) is 5.92 Å². The molecule has 6 nitrogen and oxygen atoms in total. The average Bonchev–Trinajstić information content (AvgIpc) is 3.37. The van der Waals surface area contributed by atoms with E-state index < -0.39 is 5.54 Å². The van der Waals surface area contributed by atoms with E-state index in [4.69, 9.17) is 4.74 Å². The van der Waals surface area contributed by atoms with Crippen LogP contribution < -0.4 is 4.74 Å². The molecular weight excluding hydrogens is 410 g/mol. The molecule has 0 saturated carbocycles. The van der Waals surface area contributed by atoms with Gasteiger partial charge >= 0.3 is 6.03 Å². The smallest absolute Gasteiger partial charge is 0.327 e. The minimum absolute atomic E-state index is 0.0291. The average molecular weight is 446 g/mol. The first-order valence-corrected chi connectivity index (χ1v) is 12.7. The molecule has 1 aromatic rings. The van der Waals surface area contributed by atoms with Crippen molar-refractivity contribution < 1.29 is 14.3 Å². The molecule has 1 unspecified atom stereocenters. The number of urea groups is 1. The molecule has 0 aromatic heterocycles. The molecule has 0 radical (unpaired) electrons. The van der Waals surface area contributed by atoms with E-state index in [0.29, 0.717) is 19.1 Å². The number of amides is 3. The number of nitrogens with zero attached hydrogens (tertiary/aromatic N) is 3. The molecule has 0 N–H and O–H groups in total. The van der Waals surface area contributed by atoms with Crippen molar-refractivity contribution in [3.8, 4) is 5.75 Å². The fourth-order valence-corrected chi connectivity index (χ4v) is 6.46. The lowest BCUT2D eigenvalue weighted by Crippen LogP contribution is -2.58. The van der Waals surface area contributed by atoms with Gasteiger partial charge in [0, 0.05) is 38.0 Å². The third-order valence-electron chi connectivity index (χ3n) is 7.00. The molecule has 4 rings (SSSR count). The fourth-order valence-electron chi connectivity index (χ4n) is 5.20. The van der Waals surface area contributed by atoms with Gasteiger partial charge in [0.1, 0.15) is 11.3 Å². The molecule has 3 amide bonds. The number of carbonyl (C=O) groups is 2. The van der Waals surface area contributed by atoms with Gasteiger partial charge < -0.3 is 9.64 Å². The van der Waals surface area contributed by atoms with Crippen LogP contribution in [0.4, 0.5) is 4.79 Å². The molecule has 3 heterocycles. The van der Waals surface area contributed by atoms with Crippen molar-refractivity contribution in [1.29, 1.82) is 0 Å². The topological polar surface area (TPSA) is 53.1 Å². The van der Waals surface area contributed by atoms with Crippen LogP contribution in [0.15, 0.2) is 24.3 Å². The SMILES string of the molecule is COc1ccc(CCN2C(=O)N(CC(C)C)C(=O)C23CCN(C2CCSC2)CC3)cc1. The molecule has 31 heavy (non-hydrogen) atoms. The molecule has 1 atom stereocenters. The van der Waals surface area contributed by atoms with E-state index in [-0.39, 0.29) is 17.9 Å². The maximum atomic E-state index is 13.6. The summed E-state index contributed by atoms with van der Waals surface area (Å²) in [7, 11) is 1.66. The summed E-state index contributed by atoms with van der Waals surface area (Å²) in [5.74, 6) is 3.55. The predicted molar refractivity (Wildman–Crippen MR) is 125 cm³/mol. The Kier molecular flexibility index (Phi) is 6.82. The fraction of sp³-hybridized carbons (Fsp3) is 0.667. The summed E-state index contributed by atoms with van der Waals surface area (Å²) < 4.78 is 5.25. The second-order valence-electron chi connectivity index (χ2n) is 9.43. The van der Waals surface area contributed by atoms with E-state index in [2.05, 4.69) is 18.7 Å². The van der Waals surface area contributed by atoms with Crippen LogP contribution in [0.1, 0.15) is 38.7 Å². The Morgan fingerprint density at radius 2 is 1.87 bits per heavy atom. The Balaban J connectivity index is 1.51. The van der Waals surface area contributed by atoms with E-state index in [1.54, 1.807) is 7.11 Å². The van der Waals surface area contributed by atoms with Crippen molar-refractivity contribution >= 4 is 23.7 Å². The van der Waals surface area contributed by atoms with Crippen molar-refractivity contribution in [1.82, 2.24) is 14.7 Å². The van der Waals surface area contributed by atoms with E-state index in [1.807, 2.05) is 40.9 Å². The molecule has 170 valence electrons. The third-order valence-corrected chi connectivity index (χ3v) is 8.14. The maximum absolute atomic E-state index is 13.6. The summed E-state index contributed by atoms with van der Waals surface area (Å²) in [5, 5.41) is 0. The van der Waals surface area contributed by atoms with Crippen LogP contribution in [0.2, 0.25) is 0 Å². The quantitative estimate of drug-likeness (QED) is 0.602. The Labute approximate surface area is 190 Å². The van der Waals surface area contributed by atoms with Gasteiger partial charge in [0.05, 0.1) is 7.11 Å². The number of hydrogen-bond donors (Lipinski definition) is 0. The van der Waals surface area contributed by atoms with Crippen molar-refractivity contribution in [2.45, 2.75) is 51.1 Å². The predicted octanol–water partition coefficient (Wildman–Crippen LogP) is 3.50. The van der Waals surface area contributed by atoms with Crippen molar-refractivity contribution in [2.75, 3.05) is 44.8 Å². The highest BCUT2D eigenvalue weighted by Crippen LogP contribution is 2.39. The Morgan fingerprint density at radius 3 is 2.45 bits per heavy atom. The zero-order valence-corrected chi connectivity index (χ0v) is 19.8. The zero-order valence-electron chi connectivity index (χ0n) is 19.0. The summed E-state index contributed by atoms with van der Waals surface area (Å²) in [5.41, 5.74) is 0.486. The van der Waals surface area contributed by atoms with Crippen LogP contribution in [0.25, 0.3) is 0 Å². The molecule has 0 aliphatic carbocycles. The molecule has 3 fully saturated rings. The Bertz CT molecular complexity index is 784. The number of imide groups is 1. The first kappa shape index (κ1) is 22.5. The summed E-state index contributed by atoms with van der Waals surface area (Å²) in [6.45, 7) is 7.00. The summed E-state index contributed by atoms with van der Waals surface area (Å²) >= 11 is 2.03. The largest absolute Gasteiger partial charge is 0.497 e. The number of hydrogen-bond acceptors (Lipinski definition) is 5. The van der Waals surface area contributed by atoms with Crippen LogP contribution in [0, 0.1) is 5.92 Å². The minimum atomic E-state index is -0.666. The molecular formula is C24H35N3O3S. The van der Waals surface area contributed by atoms with E-state index in [9.17, 15) is 9.59 Å². The lowest BCUT2D eigenvalue weighted by atomic mass is 9.85. The van der Waals surface area contributed by atoms with Gasteiger partial charge in [0.2, 0.25) is 0 Å². The highest BCUT2D eigenvalue weighted by Gasteiger charge is 2.57. The third kappa shape index (κ3) is 4.44. The van der Waals surface area contributed by atoms with Gasteiger partial charge in [-0.15, -0.1) is 0 Å². The van der Waals surface area contributed by atoms with Crippen molar-refractivity contribution in [3.63, 3.8) is 0 Å². The van der Waals surface area contributed by atoms with E-state index in [1.165, 1.54) is 22.8 Å². The van der Waals surface area contributed by atoms with Crippen molar-refractivity contribution in [3.05, 3.63) is 29.8 Å².